The standard InChI is InChI=1S/C14H15FN2O2/c1-9-2-3-11(15)10(6-9)14-16-4-5-17(14)12-7-19-8-13(12)18/h2-6,12-13,18H,7-8H2,1H3/t12-,13-/m1/s1. The molecular formula is C14H15FN2O2. The number of benzene rings is 1. The highest BCUT2D eigenvalue weighted by atomic mass is 19.1. The SMILES string of the molecule is Cc1ccc(F)c(-c2nccn2[C@@H]2COC[C@H]2O)c1. The molecule has 1 saturated heterocycles. The molecule has 0 aliphatic carbocycles. The summed E-state index contributed by atoms with van der Waals surface area (Å²) in [6, 6.07) is 4.71. The fourth-order valence-electron chi connectivity index (χ4n) is 2.40. The number of aryl methyl sites for hydroxylation is 1. The third-order valence-corrected chi connectivity index (χ3v) is 3.41. The molecule has 19 heavy (non-hydrogen) atoms. The molecule has 0 radical (unpaired) electrons. The summed E-state index contributed by atoms with van der Waals surface area (Å²) in [5.41, 5.74) is 1.42. The van der Waals surface area contributed by atoms with Crippen LogP contribution in [0.5, 0.6) is 0 Å². The summed E-state index contributed by atoms with van der Waals surface area (Å²) in [4.78, 5) is 4.22. The molecule has 0 saturated carbocycles. The third-order valence-electron chi connectivity index (χ3n) is 3.41. The quantitative estimate of drug-likeness (QED) is 0.899. The average Bonchev–Trinajstić information content (AvgIpc) is 3.00. The first-order valence-corrected chi connectivity index (χ1v) is 6.22. The Balaban J connectivity index is 2.06. The Kier molecular flexibility index (Phi) is 3.08. The van der Waals surface area contributed by atoms with Gasteiger partial charge in [-0.15, -0.1) is 0 Å². The molecule has 1 N–H and O–H groups in total. The highest BCUT2D eigenvalue weighted by Gasteiger charge is 2.29. The molecule has 2 atom stereocenters. The Bertz CT molecular complexity index is 597. The van der Waals surface area contributed by atoms with Gasteiger partial charge in [0.05, 0.1) is 24.8 Å². The molecule has 3 rings (SSSR count). The van der Waals surface area contributed by atoms with Crippen molar-refractivity contribution in [1.82, 2.24) is 9.55 Å². The molecular weight excluding hydrogens is 247 g/mol. The van der Waals surface area contributed by atoms with E-state index in [4.69, 9.17) is 4.74 Å². The van der Waals surface area contributed by atoms with Gasteiger partial charge < -0.3 is 14.4 Å². The van der Waals surface area contributed by atoms with Crippen LogP contribution >= 0.6 is 0 Å². The normalized spacial score (nSPS) is 22.9. The fraction of sp³-hybridized carbons (Fsp3) is 0.357. The second-order valence-corrected chi connectivity index (χ2v) is 4.81. The van der Waals surface area contributed by atoms with Crippen LogP contribution < -0.4 is 0 Å². The average molecular weight is 262 g/mol. The van der Waals surface area contributed by atoms with Crippen molar-refractivity contribution in [2.75, 3.05) is 13.2 Å². The number of aliphatic hydroxyl groups is 1. The zero-order chi connectivity index (χ0) is 13.4. The van der Waals surface area contributed by atoms with Crippen molar-refractivity contribution >= 4 is 0 Å². The van der Waals surface area contributed by atoms with Crippen molar-refractivity contribution in [3.8, 4) is 11.4 Å². The van der Waals surface area contributed by atoms with Crippen molar-refractivity contribution in [3.05, 3.63) is 42.0 Å². The molecule has 0 unspecified atom stereocenters. The van der Waals surface area contributed by atoms with Crippen LogP contribution in [0.15, 0.2) is 30.6 Å². The Morgan fingerprint density at radius 3 is 3.00 bits per heavy atom. The minimum absolute atomic E-state index is 0.211. The number of nitrogens with zero attached hydrogens (tertiary/aromatic N) is 2. The molecule has 0 amide bonds. The molecule has 1 fully saturated rings. The van der Waals surface area contributed by atoms with Crippen LogP contribution in [0.1, 0.15) is 11.6 Å². The lowest BCUT2D eigenvalue weighted by atomic mass is 10.1. The van der Waals surface area contributed by atoms with Gasteiger partial charge in [0.25, 0.3) is 0 Å². The summed E-state index contributed by atoms with van der Waals surface area (Å²) < 4.78 is 21.0. The van der Waals surface area contributed by atoms with E-state index in [-0.39, 0.29) is 11.9 Å². The van der Waals surface area contributed by atoms with Crippen LogP contribution in [-0.4, -0.2) is 34.0 Å². The maximum Gasteiger partial charge on any atom is 0.143 e. The van der Waals surface area contributed by atoms with E-state index in [9.17, 15) is 9.50 Å². The molecule has 1 aliphatic heterocycles. The first-order valence-electron chi connectivity index (χ1n) is 6.22. The van der Waals surface area contributed by atoms with Gasteiger partial charge in [-0.25, -0.2) is 9.37 Å². The summed E-state index contributed by atoms with van der Waals surface area (Å²) in [6.07, 6.45) is 2.78. The molecule has 4 nitrogen and oxygen atoms in total. The lowest BCUT2D eigenvalue weighted by molar-refractivity contribution is 0.119. The fourth-order valence-corrected chi connectivity index (χ4v) is 2.40. The monoisotopic (exact) mass is 262 g/mol. The summed E-state index contributed by atoms with van der Waals surface area (Å²) in [5.74, 6) is 0.210. The number of hydrogen-bond acceptors (Lipinski definition) is 3. The Morgan fingerprint density at radius 2 is 2.26 bits per heavy atom. The number of imidazole rings is 1. The van der Waals surface area contributed by atoms with Crippen molar-refractivity contribution in [2.45, 2.75) is 19.1 Å². The zero-order valence-corrected chi connectivity index (χ0v) is 10.6. The molecule has 1 aromatic heterocycles. The molecule has 100 valence electrons. The highest BCUT2D eigenvalue weighted by Crippen LogP contribution is 2.28. The topological polar surface area (TPSA) is 47.3 Å². The highest BCUT2D eigenvalue weighted by molar-refractivity contribution is 5.58. The molecule has 0 spiro atoms. The van der Waals surface area contributed by atoms with Crippen LogP contribution in [0.3, 0.4) is 0 Å². The van der Waals surface area contributed by atoms with E-state index < -0.39 is 6.10 Å². The van der Waals surface area contributed by atoms with Crippen molar-refractivity contribution in [2.24, 2.45) is 0 Å². The van der Waals surface area contributed by atoms with E-state index in [1.54, 1.807) is 29.1 Å². The molecule has 1 aromatic carbocycles. The van der Waals surface area contributed by atoms with Gasteiger partial charge >= 0.3 is 0 Å². The number of hydrogen-bond donors (Lipinski definition) is 1. The van der Waals surface area contributed by atoms with Gasteiger partial charge in [-0.2, -0.15) is 0 Å². The number of aliphatic hydroxyl groups excluding tert-OH is 1. The van der Waals surface area contributed by atoms with Gasteiger partial charge in [0.1, 0.15) is 17.7 Å². The Morgan fingerprint density at radius 1 is 1.42 bits per heavy atom. The van der Waals surface area contributed by atoms with Crippen molar-refractivity contribution in [3.63, 3.8) is 0 Å². The lowest BCUT2D eigenvalue weighted by Gasteiger charge is -2.17. The summed E-state index contributed by atoms with van der Waals surface area (Å²) in [5, 5.41) is 9.89. The Hall–Kier alpha value is -1.72. The van der Waals surface area contributed by atoms with E-state index in [1.807, 2.05) is 6.92 Å². The third kappa shape index (κ3) is 2.15. The summed E-state index contributed by atoms with van der Waals surface area (Å²) >= 11 is 0. The minimum Gasteiger partial charge on any atom is -0.388 e. The zero-order valence-electron chi connectivity index (χ0n) is 10.6. The van der Waals surface area contributed by atoms with Crippen LogP contribution in [0.4, 0.5) is 4.39 Å². The maximum atomic E-state index is 13.9. The van der Waals surface area contributed by atoms with Gasteiger partial charge in [0.15, 0.2) is 0 Å². The maximum absolute atomic E-state index is 13.9. The number of rotatable bonds is 2. The van der Waals surface area contributed by atoms with E-state index in [1.165, 1.54) is 6.07 Å². The lowest BCUT2D eigenvalue weighted by Crippen LogP contribution is -2.22. The number of halogens is 1. The van der Waals surface area contributed by atoms with Gasteiger partial charge in [-0.05, 0) is 19.1 Å². The van der Waals surface area contributed by atoms with Crippen LogP contribution in [-0.2, 0) is 4.74 Å². The van der Waals surface area contributed by atoms with E-state index in [0.29, 0.717) is 24.6 Å². The van der Waals surface area contributed by atoms with Gasteiger partial charge in [-0.1, -0.05) is 11.6 Å². The largest absolute Gasteiger partial charge is 0.388 e. The van der Waals surface area contributed by atoms with Crippen molar-refractivity contribution in [1.29, 1.82) is 0 Å². The van der Waals surface area contributed by atoms with Crippen LogP contribution in [0.25, 0.3) is 11.4 Å². The minimum atomic E-state index is -0.583. The number of aromatic nitrogens is 2. The predicted octanol–water partition coefficient (Wildman–Crippen LogP) is 1.93. The smallest absolute Gasteiger partial charge is 0.143 e. The molecule has 2 aromatic rings. The molecule has 5 heteroatoms. The van der Waals surface area contributed by atoms with Gasteiger partial charge in [-0.3, -0.25) is 0 Å². The van der Waals surface area contributed by atoms with Gasteiger partial charge in [0.2, 0.25) is 0 Å². The molecule has 2 heterocycles. The second-order valence-electron chi connectivity index (χ2n) is 4.81. The van der Waals surface area contributed by atoms with Crippen molar-refractivity contribution < 1.29 is 14.2 Å². The van der Waals surface area contributed by atoms with Gasteiger partial charge in [0, 0.05) is 12.4 Å². The van der Waals surface area contributed by atoms with Crippen LogP contribution in [0.2, 0.25) is 0 Å². The van der Waals surface area contributed by atoms with Crippen LogP contribution in [0, 0.1) is 12.7 Å². The molecule has 0 bridgehead atoms. The first kappa shape index (κ1) is 12.3. The summed E-state index contributed by atoms with van der Waals surface area (Å²) in [7, 11) is 0. The predicted molar refractivity (Wildman–Crippen MR) is 68.2 cm³/mol. The van der Waals surface area contributed by atoms with E-state index in [2.05, 4.69) is 4.98 Å². The van der Waals surface area contributed by atoms with E-state index in [0.717, 1.165) is 5.56 Å². The second kappa shape index (κ2) is 4.75. The Labute approximate surface area is 110 Å². The first-order chi connectivity index (χ1) is 9.16. The number of ether oxygens (including phenoxy) is 1. The van der Waals surface area contributed by atoms with E-state index >= 15 is 0 Å². The summed E-state index contributed by atoms with van der Waals surface area (Å²) in [6.45, 7) is 2.63. The molecule has 1 aliphatic rings.